The van der Waals surface area contributed by atoms with Crippen LogP contribution in [0.4, 0.5) is 10.6 Å². The average molecular weight is 506 g/mol. The number of thiophene rings is 1. The summed E-state index contributed by atoms with van der Waals surface area (Å²) in [5.41, 5.74) is 1.45. The van der Waals surface area contributed by atoms with Gasteiger partial charge < -0.3 is 4.90 Å². The minimum atomic E-state index is -0.766. The molecule has 1 aromatic carbocycles. The maximum atomic E-state index is 13.1. The van der Waals surface area contributed by atoms with Crippen molar-refractivity contribution < 1.29 is 19.2 Å². The van der Waals surface area contributed by atoms with Gasteiger partial charge in [-0.25, -0.2) is 19.8 Å². The quantitative estimate of drug-likeness (QED) is 0.533. The van der Waals surface area contributed by atoms with Crippen molar-refractivity contribution in [2.24, 2.45) is 0 Å². The number of hydrogen-bond acceptors (Lipinski definition) is 9. The van der Waals surface area contributed by atoms with E-state index in [-0.39, 0.29) is 24.1 Å². The highest BCUT2D eigenvalue weighted by molar-refractivity contribution is 7.18. The van der Waals surface area contributed by atoms with Crippen LogP contribution in [0.25, 0.3) is 10.2 Å². The lowest BCUT2D eigenvalue weighted by Crippen LogP contribution is -2.58. The van der Waals surface area contributed by atoms with E-state index in [1.54, 1.807) is 29.8 Å². The van der Waals surface area contributed by atoms with Gasteiger partial charge in [0.25, 0.3) is 11.8 Å². The topological polar surface area (TPSA) is 119 Å². The standard InChI is InChI=1S/C24H23N7O4S/c1-14-10-18-20(25-13-26-21(18)36-14)29-8-6-28(7-9-29)12-15-2-3-16-17(11-15)23(34)31(22(16)33)30-5-4-19(32)27-24(30)35/h2-3,10-11,13H,4-9,12H2,1H3,(H,27,32,35). The second-order valence-electron chi connectivity index (χ2n) is 9.06. The van der Waals surface area contributed by atoms with Gasteiger partial charge in [0.05, 0.1) is 23.1 Å². The van der Waals surface area contributed by atoms with E-state index >= 15 is 0 Å². The first-order valence-corrected chi connectivity index (χ1v) is 12.5. The Morgan fingerprint density at radius 1 is 0.944 bits per heavy atom. The number of amides is 5. The Hall–Kier alpha value is -3.90. The van der Waals surface area contributed by atoms with Crippen LogP contribution in [0, 0.1) is 6.92 Å². The van der Waals surface area contributed by atoms with Crippen LogP contribution in [0.2, 0.25) is 0 Å². The van der Waals surface area contributed by atoms with E-state index in [1.165, 1.54) is 4.88 Å². The van der Waals surface area contributed by atoms with Crippen molar-refractivity contribution in [1.82, 2.24) is 30.2 Å². The summed E-state index contributed by atoms with van der Waals surface area (Å²) in [5, 5.41) is 5.08. The van der Waals surface area contributed by atoms with Crippen LogP contribution in [0.1, 0.15) is 37.6 Å². The minimum Gasteiger partial charge on any atom is -0.353 e. The van der Waals surface area contributed by atoms with Crippen LogP contribution >= 0.6 is 11.3 Å². The fraction of sp³-hybridized carbons (Fsp3) is 0.333. The zero-order valence-corrected chi connectivity index (χ0v) is 20.4. The normalized spacial score (nSPS) is 18.9. The molecule has 12 heteroatoms. The molecule has 2 aromatic heterocycles. The monoisotopic (exact) mass is 505 g/mol. The molecule has 11 nitrogen and oxygen atoms in total. The molecule has 3 aliphatic rings. The number of urea groups is 1. The number of carbonyl (C=O) groups excluding carboxylic acids is 4. The molecule has 2 saturated heterocycles. The summed E-state index contributed by atoms with van der Waals surface area (Å²) < 4.78 is 0. The number of piperazine rings is 1. The third-order valence-corrected chi connectivity index (χ3v) is 7.67. The maximum Gasteiger partial charge on any atom is 0.343 e. The first-order chi connectivity index (χ1) is 17.4. The van der Waals surface area contributed by atoms with Gasteiger partial charge in [-0.2, -0.15) is 5.01 Å². The van der Waals surface area contributed by atoms with Gasteiger partial charge in [-0.05, 0) is 30.7 Å². The van der Waals surface area contributed by atoms with E-state index < -0.39 is 23.8 Å². The van der Waals surface area contributed by atoms with Crippen molar-refractivity contribution in [3.05, 3.63) is 52.2 Å². The molecule has 3 aliphatic heterocycles. The number of rotatable bonds is 4. The Bertz CT molecular complexity index is 1430. The Morgan fingerprint density at radius 2 is 1.72 bits per heavy atom. The second kappa shape index (κ2) is 8.64. The number of anilines is 1. The van der Waals surface area contributed by atoms with E-state index in [4.69, 9.17) is 0 Å². The summed E-state index contributed by atoms with van der Waals surface area (Å²) in [6.07, 6.45) is 1.65. The lowest BCUT2D eigenvalue weighted by molar-refractivity contribution is -0.122. The van der Waals surface area contributed by atoms with Crippen molar-refractivity contribution in [3.8, 4) is 0 Å². The van der Waals surface area contributed by atoms with Gasteiger partial charge in [-0.1, -0.05) is 6.07 Å². The molecule has 1 N–H and O–H groups in total. The highest BCUT2D eigenvalue weighted by Gasteiger charge is 2.43. The van der Waals surface area contributed by atoms with Gasteiger partial charge in [-0.3, -0.25) is 24.6 Å². The zero-order valence-electron chi connectivity index (χ0n) is 19.6. The summed E-state index contributed by atoms with van der Waals surface area (Å²) in [6, 6.07) is 6.60. The third-order valence-electron chi connectivity index (χ3n) is 6.71. The number of aryl methyl sites for hydroxylation is 1. The number of imide groups is 2. The van der Waals surface area contributed by atoms with Crippen molar-refractivity contribution in [2.75, 3.05) is 37.6 Å². The van der Waals surface area contributed by atoms with E-state index in [2.05, 4.69) is 38.1 Å². The van der Waals surface area contributed by atoms with Gasteiger partial charge in [0.1, 0.15) is 17.0 Å². The van der Waals surface area contributed by atoms with E-state index in [0.29, 0.717) is 6.54 Å². The number of hydrazine groups is 1. The number of benzene rings is 1. The second-order valence-corrected chi connectivity index (χ2v) is 10.3. The SMILES string of the molecule is Cc1cc2c(N3CCN(Cc4ccc5c(c4)C(=O)N(N4CCC(=O)NC4=O)C5=O)CC3)ncnc2s1. The molecule has 0 saturated carbocycles. The molecular formula is C24H23N7O4S. The van der Waals surface area contributed by atoms with Crippen molar-refractivity contribution in [3.63, 3.8) is 0 Å². The van der Waals surface area contributed by atoms with Gasteiger partial charge in [0.2, 0.25) is 5.91 Å². The number of nitrogens with one attached hydrogen (secondary N) is 1. The first-order valence-electron chi connectivity index (χ1n) is 11.7. The molecule has 5 heterocycles. The summed E-state index contributed by atoms with van der Waals surface area (Å²) >= 11 is 1.67. The van der Waals surface area contributed by atoms with Crippen LogP contribution in [-0.4, -0.2) is 81.4 Å². The molecule has 0 radical (unpaired) electrons. The Kier molecular flexibility index (Phi) is 5.41. The summed E-state index contributed by atoms with van der Waals surface area (Å²) in [7, 11) is 0. The maximum absolute atomic E-state index is 13.1. The zero-order chi connectivity index (χ0) is 25.0. The molecule has 0 aliphatic carbocycles. The minimum absolute atomic E-state index is 0.0170. The van der Waals surface area contributed by atoms with Crippen LogP contribution in [0.15, 0.2) is 30.6 Å². The number of fused-ring (bicyclic) bond motifs is 2. The fourth-order valence-corrected chi connectivity index (χ4v) is 5.77. The summed E-state index contributed by atoms with van der Waals surface area (Å²) in [4.78, 5) is 65.3. The lowest BCUT2D eigenvalue weighted by Gasteiger charge is -2.35. The molecule has 2 fully saturated rings. The summed E-state index contributed by atoms with van der Waals surface area (Å²) in [6.45, 7) is 5.98. The number of carbonyl (C=O) groups is 4. The van der Waals surface area contributed by atoms with Gasteiger partial charge >= 0.3 is 6.03 Å². The van der Waals surface area contributed by atoms with Gasteiger partial charge in [0.15, 0.2) is 0 Å². The number of nitrogens with zero attached hydrogens (tertiary/aromatic N) is 6. The van der Waals surface area contributed by atoms with Crippen molar-refractivity contribution >= 4 is 51.1 Å². The molecule has 6 rings (SSSR count). The van der Waals surface area contributed by atoms with Crippen LogP contribution in [0.3, 0.4) is 0 Å². The van der Waals surface area contributed by atoms with Crippen LogP contribution < -0.4 is 10.2 Å². The highest BCUT2D eigenvalue weighted by atomic mass is 32.1. The largest absolute Gasteiger partial charge is 0.353 e. The van der Waals surface area contributed by atoms with Gasteiger partial charge in [-0.15, -0.1) is 11.3 Å². The number of aromatic nitrogens is 2. The average Bonchev–Trinajstić information content (AvgIpc) is 3.36. The van der Waals surface area contributed by atoms with E-state index in [0.717, 1.165) is 57.8 Å². The molecule has 5 amide bonds. The van der Waals surface area contributed by atoms with Crippen molar-refractivity contribution in [2.45, 2.75) is 19.9 Å². The third kappa shape index (κ3) is 3.78. The predicted molar refractivity (Wildman–Crippen MR) is 131 cm³/mol. The number of hydrogen-bond donors (Lipinski definition) is 1. The van der Waals surface area contributed by atoms with Crippen LogP contribution in [-0.2, 0) is 11.3 Å². The molecule has 0 atom stereocenters. The first kappa shape index (κ1) is 22.6. The van der Waals surface area contributed by atoms with E-state index in [9.17, 15) is 19.2 Å². The molecule has 0 unspecified atom stereocenters. The predicted octanol–water partition coefficient (Wildman–Crippen LogP) is 1.77. The molecule has 184 valence electrons. The molecule has 3 aromatic rings. The Labute approximate surface area is 210 Å². The Morgan fingerprint density at radius 3 is 2.50 bits per heavy atom. The molecule has 36 heavy (non-hydrogen) atoms. The lowest BCUT2D eigenvalue weighted by atomic mass is 10.1. The molecule has 0 spiro atoms. The smallest absolute Gasteiger partial charge is 0.343 e. The van der Waals surface area contributed by atoms with Crippen LogP contribution in [0.5, 0.6) is 0 Å². The van der Waals surface area contributed by atoms with E-state index in [1.807, 2.05) is 6.07 Å². The Balaban J connectivity index is 1.14. The van der Waals surface area contributed by atoms with Gasteiger partial charge in [0, 0.05) is 44.0 Å². The molecular weight excluding hydrogens is 482 g/mol. The highest BCUT2D eigenvalue weighted by Crippen LogP contribution is 2.31. The fourth-order valence-electron chi connectivity index (χ4n) is 4.93. The molecule has 0 bridgehead atoms. The van der Waals surface area contributed by atoms with Crippen molar-refractivity contribution in [1.29, 1.82) is 0 Å². The summed E-state index contributed by atoms with van der Waals surface area (Å²) in [5.74, 6) is -0.566.